The van der Waals surface area contributed by atoms with E-state index in [-0.39, 0.29) is 92.5 Å². The molecular formula is C110H121F3N2O22. The average molecular weight is 1880 g/mol. The molecule has 0 aromatic heterocycles. The molecule has 14 aliphatic rings. The van der Waals surface area contributed by atoms with E-state index >= 15 is 13.2 Å². The topological polar surface area (TPSA) is 422 Å². The number of nitrogen functional groups attached to an aromatic ring is 2. The fourth-order valence-corrected chi connectivity index (χ4v) is 27.8. The molecule has 12 aliphatic carbocycles. The highest BCUT2D eigenvalue weighted by molar-refractivity contribution is 6.04. The van der Waals surface area contributed by atoms with Gasteiger partial charge in [-0.3, -0.25) is 47.9 Å². The molecule has 6 aromatic rings. The Morgan fingerprint density at radius 1 is 0.431 bits per heavy atom. The van der Waals surface area contributed by atoms with Gasteiger partial charge in [-0.1, -0.05) is 190 Å². The lowest BCUT2D eigenvalue weighted by molar-refractivity contribution is -0.231. The summed E-state index contributed by atoms with van der Waals surface area (Å²) in [4.78, 5) is 124. The Bertz CT molecular complexity index is 5830. The smallest absolute Gasteiger partial charge is 0.193 e. The van der Waals surface area contributed by atoms with Crippen LogP contribution in [0.25, 0.3) is 0 Å². The molecule has 0 spiro atoms. The maximum Gasteiger partial charge on any atom is 0.193 e. The summed E-state index contributed by atoms with van der Waals surface area (Å²) in [5, 5.41) is 85.9. The molecule has 0 unspecified atom stereocenters. The number of rotatable bonds is 18. The second-order valence-corrected chi connectivity index (χ2v) is 41.4. The second-order valence-electron chi connectivity index (χ2n) is 41.4. The van der Waals surface area contributed by atoms with E-state index in [9.17, 15) is 88.8 Å². The van der Waals surface area contributed by atoms with Crippen molar-refractivity contribution in [3.8, 4) is 0 Å². The van der Waals surface area contributed by atoms with Crippen molar-refractivity contribution >= 4 is 69.7 Å². The lowest BCUT2D eigenvalue weighted by Gasteiger charge is -2.62. The van der Waals surface area contributed by atoms with Gasteiger partial charge in [0.15, 0.2) is 98.4 Å². The number of carbonyl (C=O) groups excluding carboxylic acids is 10. The molecule has 0 amide bonds. The number of nitrogens with two attached hydrogens (primary N) is 2. The van der Waals surface area contributed by atoms with Crippen molar-refractivity contribution in [1.29, 1.82) is 0 Å². The van der Waals surface area contributed by atoms with Gasteiger partial charge in [0.1, 0.15) is 26.1 Å². The Balaban J connectivity index is 0.000000139. The number of alkyl halides is 3. The second kappa shape index (κ2) is 36.2. The van der Waals surface area contributed by atoms with Gasteiger partial charge in [0, 0.05) is 114 Å². The van der Waals surface area contributed by atoms with Gasteiger partial charge in [-0.05, 0) is 200 Å². The van der Waals surface area contributed by atoms with Crippen LogP contribution in [0.15, 0.2) is 217 Å². The first kappa shape index (κ1) is 99.4. The monoisotopic (exact) mass is 1880 g/mol. The van der Waals surface area contributed by atoms with Crippen molar-refractivity contribution in [2.24, 2.45) is 68.0 Å². The fourth-order valence-electron chi connectivity index (χ4n) is 27.8. The molecule has 9 saturated carbocycles. The Kier molecular flexibility index (Phi) is 26.3. The maximum absolute atomic E-state index is 17.5. The van der Waals surface area contributed by atoms with E-state index in [2.05, 4.69) is 0 Å². The third-order valence-corrected chi connectivity index (χ3v) is 34.8. The summed E-state index contributed by atoms with van der Waals surface area (Å²) in [7, 11) is 0. The number of aryl methyl sites for hydroxylation is 1. The molecule has 2 saturated heterocycles. The van der Waals surface area contributed by atoms with Gasteiger partial charge in [0.25, 0.3) is 0 Å². The number of aliphatic hydroxyl groups excluding tert-OH is 7. The zero-order chi connectivity index (χ0) is 97.5. The van der Waals surface area contributed by atoms with Crippen LogP contribution in [0.5, 0.6) is 0 Å². The van der Waals surface area contributed by atoms with Gasteiger partial charge in [-0.2, -0.15) is 0 Å². The standard InChI is InChI=1S/2C36H38FNO7.C21H27FO6.C16H14O2.CH4/c2*1-33-13-12-25(40)16-23(33)10-11-26-27-17-31-36(30(43)19-39,34(27,2)18-29(42)35(26,33)37)45-32(44-31)22-8-6-21(7-9-22)28(41)15-20-4-3-5-24(38)14-20;1-18-6-5-12(24)7-11(18)3-4-13-14-8-15(25)21(28,17(27)10-23)19(14,2)9-16(26)20(13,18)22;1-12-3-2-4-14(9-12)10-16(18)15-7-5-13(11-17)6-8-15;/h2*3-9,12-14,16,26-27,29,31-32,39,42H,10-11,15,17-19,38H2,1-2H3;5-7,13-16,23,25-26,28H,3-4,8-10H2,1-2H3;2-9,11H,10H2,1H3;1H4/t26-,27-,29-,31+,32+,33-,34-,35-,36+;26-,27-,29-,31+,32-,33-,34-,35-,36+;13-,14-,15+,16-,18-,19-,20-,21-;;/m000../s1. The minimum Gasteiger partial charge on any atom is -0.399 e. The first-order valence-corrected chi connectivity index (χ1v) is 46.9. The fraction of sp³-hybridized carbons (Fsp3) is 0.473. The molecule has 724 valence electrons. The van der Waals surface area contributed by atoms with Crippen LogP contribution in [-0.4, -0.2) is 189 Å². The number of carbonyl (C=O) groups is 10. The third-order valence-electron chi connectivity index (χ3n) is 34.8. The van der Waals surface area contributed by atoms with Crippen molar-refractivity contribution < 1.29 is 121 Å². The summed E-state index contributed by atoms with van der Waals surface area (Å²) in [6.45, 7) is 9.96. The largest absolute Gasteiger partial charge is 0.399 e. The average Bonchev–Trinajstić information content (AvgIpc) is 1.51. The summed E-state index contributed by atoms with van der Waals surface area (Å²) in [5.74, 6) is -5.99. The van der Waals surface area contributed by atoms with E-state index < -0.39 is 176 Å². The lowest BCUT2D eigenvalue weighted by Crippen LogP contribution is -2.69. The number of ketones is 9. The number of benzene rings is 6. The summed E-state index contributed by atoms with van der Waals surface area (Å²) < 4.78 is 77.9. The van der Waals surface area contributed by atoms with Crippen LogP contribution in [0, 0.1) is 74.9 Å². The Morgan fingerprint density at radius 2 is 0.759 bits per heavy atom. The number of allylic oxidation sites excluding steroid dienone is 12. The molecule has 11 fully saturated rings. The van der Waals surface area contributed by atoms with Crippen LogP contribution in [0.4, 0.5) is 24.5 Å². The zero-order valence-electron chi connectivity index (χ0n) is 77.0. The number of ether oxygens (including phenoxy) is 4. The van der Waals surface area contributed by atoms with Crippen molar-refractivity contribution in [1.82, 2.24) is 0 Å². The predicted octanol–water partition coefficient (Wildman–Crippen LogP) is 13.3. The SMILES string of the molecule is C.C[C@]12C=CC(=O)C=C1CC[C@H]1[C@@H]3C[C@@H](O)[C@](O)(C(=O)CO)[C@@]3(C)C[C@H](O)[C@@]12F.C[C@]12C=CC(=O)C=C1CC[C@H]1[C@@H]3C[C@H]4O[C@@H](c5ccc(C(=O)Cc6cccc(N)c6)cc5)O[C@@]4(C(=O)CO)[C@@]3(C)C[C@H](O)[C@@]12F.C[C@]12C=CC(=O)C=C1CC[C@H]1[C@@H]3C[C@H]4O[C@H](c5ccc(C(=O)Cc6cccc(N)c6)cc5)O[C@@]4(C(=O)CO)[C@@]3(C)C[C@H](O)[C@@]12F.Cc1cccc(CC(=O)c2ccc(C=O)cc2)c1. The van der Waals surface area contributed by atoms with Crippen molar-refractivity contribution in [2.75, 3.05) is 31.3 Å². The van der Waals surface area contributed by atoms with E-state index in [1.54, 1.807) is 149 Å². The minimum atomic E-state index is -2.23. The predicted molar refractivity (Wildman–Crippen MR) is 500 cm³/mol. The third kappa shape index (κ3) is 15.3. The molecule has 26 atom stereocenters. The van der Waals surface area contributed by atoms with E-state index in [1.807, 2.05) is 57.2 Å². The van der Waals surface area contributed by atoms with E-state index in [0.29, 0.717) is 119 Å². The molecule has 6 aromatic carbocycles. The molecule has 20 rings (SSSR count). The number of anilines is 2. The Morgan fingerprint density at radius 3 is 1.09 bits per heavy atom. The van der Waals surface area contributed by atoms with Crippen LogP contribution in [-0.2, 0) is 67.0 Å². The summed E-state index contributed by atoms with van der Waals surface area (Å²) in [6.07, 6.45) is 8.33. The van der Waals surface area contributed by atoms with Gasteiger partial charge >= 0.3 is 0 Å². The number of hydrogen-bond donors (Lipinski definition) is 10. The highest BCUT2D eigenvalue weighted by Gasteiger charge is 2.83. The molecule has 2 aliphatic heterocycles. The molecule has 2 heterocycles. The normalized spacial score (nSPS) is 38.2. The molecule has 137 heavy (non-hydrogen) atoms. The number of halogens is 3. The summed E-state index contributed by atoms with van der Waals surface area (Å²) >= 11 is 0. The summed E-state index contributed by atoms with van der Waals surface area (Å²) in [6, 6.07) is 42.7. The molecule has 0 radical (unpaired) electrons. The van der Waals surface area contributed by atoms with Crippen LogP contribution >= 0.6 is 0 Å². The Labute approximate surface area is 793 Å². The quantitative estimate of drug-likeness (QED) is 0.0217. The van der Waals surface area contributed by atoms with E-state index in [0.717, 1.165) is 28.5 Å². The Hall–Kier alpha value is -10.6. The van der Waals surface area contributed by atoms with Gasteiger partial charge in [-0.15, -0.1) is 0 Å². The number of aldehydes is 1. The van der Waals surface area contributed by atoms with E-state index in [1.165, 1.54) is 42.5 Å². The summed E-state index contributed by atoms with van der Waals surface area (Å²) in [5.41, 5.74) is 3.60. The molecule has 27 heteroatoms. The highest BCUT2D eigenvalue weighted by Crippen LogP contribution is 2.76. The van der Waals surface area contributed by atoms with Crippen LogP contribution in [0.2, 0.25) is 0 Å². The van der Waals surface area contributed by atoms with Gasteiger partial charge < -0.3 is 71.3 Å². The zero-order valence-corrected chi connectivity index (χ0v) is 77.0. The van der Waals surface area contributed by atoms with Crippen molar-refractivity contribution in [3.63, 3.8) is 0 Å². The lowest BCUT2D eigenvalue weighted by atomic mass is 9.44. The van der Waals surface area contributed by atoms with Crippen LogP contribution in [0.3, 0.4) is 0 Å². The number of Topliss-reactive ketones (excluding diaryl/α,β-unsaturated/α-hetero) is 6. The molecular weight excluding hydrogens is 1760 g/mol. The molecule has 12 N–H and O–H groups in total. The number of aliphatic hydroxyl groups is 8. The van der Waals surface area contributed by atoms with Crippen molar-refractivity contribution in [3.05, 3.63) is 273 Å². The number of hydrogen-bond acceptors (Lipinski definition) is 24. The molecule has 0 bridgehead atoms. The van der Waals surface area contributed by atoms with Gasteiger partial charge in [0.05, 0.1) is 36.6 Å². The first-order chi connectivity index (χ1) is 64.4. The number of fused-ring (bicyclic) bond motifs is 19. The maximum atomic E-state index is 17.5. The van der Waals surface area contributed by atoms with Crippen LogP contribution in [0.1, 0.15) is 213 Å². The van der Waals surface area contributed by atoms with Gasteiger partial charge in [0.2, 0.25) is 0 Å². The molecule has 24 nitrogen and oxygen atoms in total. The first-order valence-electron chi connectivity index (χ1n) is 46.9. The minimum absolute atomic E-state index is 0. The highest BCUT2D eigenvalue weighted by atomic mass is 19.2. The van der Waals surface area contributed by atoms with Gasteiger partial charge in [-0.25, -0.2) is 13.2 Å². The van der Waals surface area contributed by atoms with E-state index in [4.69, 9.17) is 30.4 Å². The van der Waals surface area contributed by atoms with Crippen LogP contribution < -0.4 is 11.5 Å². The van der Waals surface area contributed by atoms with Crippen molar-refractivity contribution in [2.45, 2.75) is 235 Å².